The Morgan fingerprint density at radius 2 is 1.57 bits per heavy atom. The fourth-order valence-corrected chi connectivity index (χ4v) is 10.3. The Hall–Kier alpha value is -5.21. The zero-order chi connectivity index (χ0) is 40.1. The molecule has 58 heavy (non-hydrogen) atoms. The van der Waals surface area contributed by atoms with Gasteiger partial charge in [0.25, 0.3) is 15.7 Å². The molecular weight excluding hydrogens is 790 g/mol. The van der Waals surface area contributed by atoms with Gasteiger partial charge >= 0.3 is 0 Å². The van der Waals surface area contributed by atoms with Crippen molar-refractivity contribution in [3.63, 3.8) is 0 Å². The number of anilines is 3. The molecule has 1 saturated heterocycles. The van der Waals surface area contributed by atoms with Crippen LogP contribution in [0.15, 0.2) is 131 Å². The second-order valence-electron chi connectivity index (χ2n) is 15.0. The molecule has 298 valence electrons. The summed E-state index contributed by atoms with van der Waals surface area (Å²) in [6.45, 7) is 4.20. The van der Waals surface area contributed by atoms with Gasteiger partial charge in [-0.15, -0.1) is 11.8 Å². The normalized spacial score (nSPS) is 15.9. The van der Waals surface area contributed by atoms with E-state index in [1.807, 2.05) is 48.5 Å². The topological polar surface area (TPSA) is 134 Å². The molecule has 1 aliphatic carbocycles. The highest BCUT2D eigenvalue weighted by atomic mass is 35.5. The van der Waals surface area contributed by atoms with E-state index in [2.05, 4.69) is 78.3 Å². The van der Waals surface area contributed by atoms with E-state index in [9.17, 15) is 18.5 Å². The van der Waals surface area contributed by atoms with Gasteiger partial charge in [-0.1, -0.05) is 85.5 Å². The molecule has 14 heteroatoms. The number of benzene rings is 5. The largest absolute Gasteiger partial charge is 0.373 e. The standard InChI is InChI=1S/C44H44ClN7O4S2/c45-34-15-13-32(14-16-34)38-12-6-5-9-33(38)29-50-23-25-51(26-24-50)35-17-19-39-41(27-35)46-31-47-43(39)49-58(55,56)37-18-20-40(42(28-37)52(53)54)48-44(21-7-2-8-22-44)30-57-36-10-3-1-4-11-36/h1,3-6,9-20,27-28,31,48H,2,7-8,21-26,29-30H2,(H,46,47,49). The molecule has 6 aromatic rings. The summed E-state index contributed by atoms with van der Waals surface area (Å²) in [5.74, 6) is 0.833. The van der Waals surface area contributed by atoms with Gasteiger partial charge in [0.2, 0.25) is 0 Å². The molecule has 1 aromatic heterocycles. The van der Waals surface area contributed by atoms with E-state index in [4.69, 9.17) is 11.6 Å². The maximum Gasteiger partial charge on any atom is 0.293 e. The first-order valence-electron chi connectivity index (χ1n) is 19.5. The minimum absolute atomic E-state index is 0.102. The van der Waals surface area contributed by atoms with E-state index in [0.29, 0.717) is 16.6 Å². The van der Waals surface area contributed by atoms with Gasteiger partial charge in [-0.3, -0.25) is 19.7 Å². The number of fused-ring (bicyclic) bond motifs is 1. The summed E-state index contributed by atoms with van der Waals surface area (Å²) in [7, 11) is -4.26. The predicted octanol–water partition coefficient (Wildman–Crippen LogP) is 9.89. The molecule has 8 rings (SSSR count). The number of nitrogens with zero attached hydrogens (tertiary/aromatic N) is 5. The van der Waals surface area contributed by atoms with Gasteiger partial charge in [-0.25, -0.2) is 18.4 Å². The third-order valence-corrected chi connectivity index (χ3v) is 14.0. The fraction of sp³-hybridized carbons (Fsp3) is 0.273. The third-order valence-electron chi connectivity index (χ3n) is 11.1. The van der Waals surface area contributed by atoms with Gasteiger partial charge in [-0.05, 0) is 84.1 Å². The monoisotopic (exact) mass is 833 g/mol. The number of thioether (sulfide) groups is 1. The van der Waals surface area contributed by atoms with Crippen molar-refractivity contribution < 1.29 is 13.3 Å². The number of hydrogen-bond donors (Lipinski definition) is 2. The zero-order valence-electron chi connectivity index (χ0n) is 31.9. The summed E-state index contributed by atoms with van der Waals surface area (Å²) < 4.78 is 30.2. The zero-order valence-corrected chi connectivity index (χ0v) is 34.3. The summed E-state index contributed by atoms with van der Waals surface area (Å²) in [5, 5.41) is 17.2. The number of rotatable bonds is 13. The van der Waals surface area contributed by atoms with Crippen LogP contribution in [0.2, 0.25) is 5.02 Å². The minimum atomic E-state index is -4.26. The first-order chi connectivity index (χ1) is 28.1. The molecule has 1 saturated carbocycles. The maximum absolute atomic E-state index is 13.8. The lowest BCUT2D eigenvalue weighted by atomic mass is 9.83. The smallest absolute Gasteiger partial charge is 0.293 e. The lowest BCUT2D eigenvalue weighted by Gasteiger charge is -2.38. The Balaban J connectivity index is 0.949. The van der Waals surface area contributed by atoms with E-state index in [0.717, 1.165) is 97.8 Å². The van der Waals surface area contributed by atoms with Crippen LogP contribution < -0.4 is 14.9 Å². The van der Waals surface area contributed by atoms with Crippen LogP contribution in [0.25, 0.3) is 22.0 Å². The molecule has 2 heterocycles. The molecule has 0 radical (unpaired) electrons. The highest BCUT2D eigenvalue weighted by molar-refractivity contribution is 7.99. The SMILES string of the molecule is O=[N+]([O-])c1cc(S(=O)(=O)Nc2ncnc3cc(N4CCN(Cc5ccccc5-c5ccc(Cl)cc5)CC4)ccc23)ccc1NC1(CSc2ccccc2)CCCCC1. The van der Waals surface area contributed by atoms with Crippen molar-refractivity contribution in [3.8, 4) is 11.1 Å². The Morgan fingerprint density at radius 3 is 2.33 bits per heavy atom. The Bertz CT molecular complexity index is 2510. The van der Waals surface area contributed by atoms with Crippen LogP contribution in [-0.4, -0.2) is 65.7 Å². The lowest BCUT2D eigenvalue weighted by Crippen LogP contribution is -2.46. The van der Waals surface area contributed by atoms with E-state index in [-0.39, 0.29) is 21.9 Å². The van der Waals surface area contributed by atoms with Crippen molar-refractivity contribution in [1.82, 2.24) is 14.9 Å². The van der Waals surface area contributed by atoms with Gasteiger partial charge in [0.05, 0.1) is 15.3 Å². The van der Waals surface area contributed by atoms with Crippen LogP contribution >= 0.6 is 23.4 Å². The van der Waals surface area contributed by atoms with Gasteiger partial charge in [0.1, 0.15) is 12.0 Å². The van der Waals surface area contributed by atoms with Gasteiger partial charge < -0.3 is 10.2 Å². The highest BCUT2D eigenvalue weighted by Crippen LogP contribution is 2.40. The summed E-state index contributed by atoms with van der Waals surface area (Å²) in [6, 6.07) is 36.3. The van der Waals surface area contributed by atoms with Crippen LogP contribution in [0.3, 0.4) is 0 Å². The van der Waals surface area contributed by atoms with Crippen molar-refractivity contribution in [2.75, 3.05) is 46.9 Å². The molecule has 0 amide bonds. The van der Waals surface area contributed by atoms with Crippen molar-refractivity contribution in [1.29, 1.82) is 0 Å². The minimum Gasteiger partial charge on any atom is -0.373 e. The van der Waals surface area contributed by atoms with Gasteiger partial charge in [0, 0.05) is 71.1 Å². The average Bonchev–Trinajstić information content (AvgIpc) is 3.24. The molecule has 0 unspecified atom stereocenters. The maximum atomic E-state index is 13.8. The quantitative estimate of drug-likeness (QED) is 0.0658. The first kappa shape index (κ1) is 39.6. The molecule has 2 fully saturated rings. The van der Waals surface area contributed by atoms with Gasteiger partial charge in [0.15, 0.2) is 5.82 Å². The Labute approximate surface area is 348 Å². The Morgan fingerprint density at radius 1 is 0.828 bits per heavy atom. The van der Waals surface area contributed by atoms with E-state index >= 15 is 0 Å². The van der Waals surface area contributed by atoms with Crippen molar-refractivity contribution >= 4 is 67.2 Å². The predicted molar refractivity (Wildman–Crippen MR) is 234 cm³/mol. The molecule has 2 aliphatic rings. The van der Waals surface area contributed by atoms with E-state index < -0.39 is 14.9 Å². The average molecular weight is 834 g/mol. The first-order valence-corrected chi connectivity index (χ1v) is 22.3. The molecule has 11 nitrogen and oxygen atoms in total. The summed E-state index contributed by atoms with van der Waals surface area (Å²) in [4.78, 5) is 26.3. The van der Waals surface area contributed by atoms with E-state index in [1.165, 1.54) is 29.6 Å². The van der Waals surface area contributed by atoms with Crippen LogP contribution in [0.1, 0.15) is 37.7 Å². The highest BCUT2D eigenvalue weighted by Gasteiger charge is 2.35. The molecule has 2 N–H and O–H groups in total. The summed E-state index contributed by atoms with van der Waals surface area (Å²) in [5.41, 5.74) is 4.83. The summed E-state index contributed by atoms with van der Waals surface area (Å²) in [6.07, 6.45) is 6.20. The number of nitro groups is 1. The number of piperazine rings is 1. The van der Waals surface area contributed by atoms with Crippen molar-refractivity contribution in [2.24, 2.45) is 0 Å². The fourth-order valence-electron chi connectivity index (χ4n) is 7.98. The number of nitrogens with one attached hydrogen (secondary N) is 2. The van der Waals surface area contributed by atoms with Crippen molar-refractivity contribution in [3.05, 3.63) is 142 Å². The lowest BCUT2D eigenvalue weighted by molar-refractivity contribution is -0.384. The van der Waals surface area contributed by atoms with Crippen LogP contribution in [0, 0.1) is 10.1 Å². The number of sulfonamides is 1. The third kappa shape index (κ3) is 9.07. The molecule has 0 atom stereocenters. The number of aromatic nitrogens is 2. The Kier molecular flexibility index (Phi) is 11.8. The molecule has 1 aliphatic heterocycles. The molecule has 5 aromatic carbocycles. The van der Waals surface area contributed by atoms with Crippen molar-refractivity contribution in [2.45, 2.75) is 54.0 Å². The van der Waals surface area contributed by atoms with Gasteiger partial charge in [-0.2, -0.15) is 0 Å². The number of hydrogen-bond acceptors (Lipinski definition) is 10. The number of halogens is 1. The van der Waals surface area contributed by atoms with Crippen LogP contribution in [0.5, 0.6) is 0 Å². The summed E-state index contributed by atoms with van der Waals surface area (Å²) >= 11 is 7.86. The van der Waals surface area contributed by atoms with Crippen LogP contribution in [-0.2, 0) is 16.6 Å². The second-order valence-corrected chi connectivity index (χ2v) is 18.1. The molecule has 0 bridgehead atoms. The molecular formula is C44H44ClN7O4S2. The molecule has 0 spiro atoms. The van der Waals surface area contributed by atoms with Crippen LogP contribution in [0.4, 0.5) is 22.9 Å². The number of nitro benzene ring substituents is 1. The second kappa shape index (κ2) is 17.3. The van der Waals surface area contributed by atoms with E-state index in [1.54, 1.807) is 11.8 Å².